The minimum atomic E-state index is -0.264. The van der Waals surface area contributed by atoms with Crippen molar-refractivity contribution in [2.45, 2.75) is 19.3 Å². The summed E-state index contributed by atoms with van der Waals surface area (Å²) in [5.74, 6) is 1.35. The number of nitrogens with one attached hydrogen (secondary N) is 1. The highest BCUT2D eigenvalue weighted by atomic mass is 19.1. The van der Waals surface area contributed by atoms with E-state index in [1.807, 2.05) is 12.1 Å². The normalized spacial score (nSPS) is 15.2. The fourth-order valence-electron chi connectivity index (χ4n) is 2.43. The molecule has 0 saturated carbocycles. The second kappa shape index (κ2) is 5.86. The summed E-state index contributed by atoms with van der Waals surface area (Å²) in [5, 5.41) is 3.11. The Bertz CT molecular complexity index is 582. The van der Waals surface area contributed by atoms with Crippen molar-refractivity contribution in [3.8, 4) is 0 Å². The maximum absolute atomic E-state index is 13.2. The molecule has 0 atom stereocenters. The van der Waals surface area contributed by atoms with Gasteiger partial charge in [0.1, 0.15) is 23.8 Å². The van der Waals surface area contributed by atoms with E-state index in [4.69, 9.17) is 0 Å². The van der Waals surface area contributed by atoms with Crippen LogP contribution in [-0.4, -0.2) is 23.1 Å². The number of halogens is 1. The van der Waals surface area contributed by atoms with Crippen molar-refractivity contribution >= 4 is 17.3 Å². The Balaban J connectivity index is 1.77. The third kappa shape index (κ3) is 3.04. The molecule has 0 aliphatic carbocycles. The molecule has 2 aromatic rings. The molecule has 0 bridgehead atoms. The molecular weight excluding hydrogens is 255 g/mol. The van der Waals surface area contributed by atoms with Gasteiger partial charge in [0.15, 0.2) is 0 Å². The zero-order chi connectivity index (χ0) is 13.8. The van der Waals surface area contributed by atoms with Crippen molar-refractivity contribution in [1.29, 1.82) is 0 Å². The standard InChI is InChI=1S/C15H17FN4/c16-12-5-4-6-13(9-12)19-14-10-15(18-11-17-14)20-7-2-1-3-8-20/h4-6,9-11H,1-3,7-8H2,(H,17,18,19). The zero-order valence-electron chi connectivity index (χ0n) is 11.2. The number of benzene rings is 1. The molecule has 0 radical (unpaired) electrons. The van der Waals surface area contributed by atoms with Gasteiger partial charge >= 0.3 is 0 Å². The van der Waals surface area contributed by atoms with E-state index >= 15 is 0 Å². The second-order valence-corrected chi connectivity index (χ2v) is 4.94. The van der Waals surface area contributed by atoms with Crippen LogP contribution in [-0.2, 0) is 0 Å². The zero-order valence-corrected chi connectivity index (χ0v) is 11.2. The minimum Gasteiger partial charge on any atom is -0.356 e. The molecule has 1 aromatic heterocycles. The van der Waals surface area contributed by atoms with Gasteiger partial charge in [-0.2, -0.15) is 0 Å². The molecular formula is C15H17FN4. The predicted molar refractivity (Wildman–Crippen MR) is 77.8 cm³/mol. The molecule has 2 heterocycles. The average molecular weight is 272 g/mol. The highest BCUT2D eigenvalue weighted by Gasteiger charge is 2.12. The first kappa shape index (κ1) is 12.8. The maximum atomic E-state index is 13.2. The molecule has 1 fully saturated rings. The molecule has 4 nitrogen and oxygen atoms in total. The number of aromatic nitrogens is 2. The van der Waals surface area contributed by atoms with E-state index in [9.17, 15) is 4.39 Å². The fourth-order valence-corrected chi connectivity index (χ4v) is 2.43. The van der Waals surface area contributed by atoms with Gasteiger partial charge in [0, 0.05) is 24.8 Å². The molecule has 1 N–H and O–H groups in total. The van der Waals surface area contributed by atoms with Crippen LogP contribution in [0.4, 0.5) is 21.7 Å². The van der Waals surface area contributed by atoms with Gasteiger partial charge in [-0.25, -0.2) is 14.4 Å². The first-order chi connectivity index (χ1) is 9.81. The van der Waals surface area contributed by atoms with Crippen LogP contribution in [0.15, 0.2) is 36.7 Å². The monoisotopic (exact) mass is 272 g/mol. The van der Waals surface area contributed by atoms with Gasteiger partial charge in [-0.05, 0) is 37.5 Å². The van der Waals surface area contributed by atoms with Gasteiger partial charge in [-0.3, -0.25) is 0 Å². The van der Waals surface area contributed by atoms with Crippen LogP contribution in [0.2, 0.25) is 0 Å². The van der Waals surface area contributed by atoms with E-state index in [-0.39, 0.29) is 5.82 Å². The quantitative estimate of drug-likeness (QED) is 0.930. The highest BCUT2D eigenvalue weighted by Crippen LogP contribution is 2.21. The topological polar surface area (TPSA) is 41.0 Å². The molecule has 0 amide bonds. The summed E-state index contributed by atoms with van der Waals surface area (Å²) < 4.78 is 13.2. The van der Waals surface area contributed by atoms with Crippen LogP contribution in [0.3, 0.4) is 0 Å². The summed E-state index contributed by atoms with van der Waals surface area (Å²) in [7, 11) is 0. The number of hydrogen-bond acceptors (Lipinski definition) is 4. The predicted octanol–water partition coefficient (Wildman–Crippen LogP) is 3.35. The molecule has 3 rings (SSSR count). The third-order valence-electron chi connectivity index (χ3n) is 3.43. The fraction of sp³-hybridized carbons (Fsp3) is 0.333. The van der Waals surface area contributed by atoms with Crippen LogP contribution < -0.4 is 10.2 Å². The Hall–Kier alpha value is -2.17. The molecule has 5 heteroatoms. The largest absolute Gasteiger partial charge is 0.356 e. The van der Waals surface area contributed by atoms with Crippen molar-refractivity contribution in [2.24, 2.45) is 0 Å². The van der Waals surface area contributed by atoms with Crippen molar-refractivity contribution in [2.75, 3.05) is 23.3 Å². The number of hydrogen-bond donors (Lipinski definition) is 1. The number of nitrogens with zero attached hydrogens (tertiary/aromatic N) is 3. The molecule has 0 spiro atoms. The molecule has 20 heavy (non-hydrogen) atoms. The average Bonchev–Trinajstić information content (AvgIpc) is 2.48. The highest BCUT2D eigenvalue weighted by molar-refractivity contribution is 5.59. The summed E-state index contributed by atoms with van der Waals surface area (Å²) in [6.45, 7) is 2.08. The molecule has 0 unspecified atom stereocenters. The minimum absolute atomic E-state index is 0.264. The van der Waals surface area contributed by atoms with Crippen LogP contribution >= 0.6 is 0 Å². The van der Waals surface area contributed by atoms with Crippen LogP contribution in [0, 0.1) is 5.82 Å². The Labute approximate surface area is 117 Å². The number of piperidine rings is 1. The van der Waals surface area contributed by atoms with E-state index in [0.29, 0.717) is 11.5 Å². The molecule has 1 aliphatic heterocycles. The lowest BCUT2D eigenvalue weighted by Gasteiger charge is -2.27. The lowest BCUT2D eigenvalue weighted by Crippen LogP contribution is -2.30. The Morgan fingerprint density at radius 2 is 1.90 bits per heavy atom. The first-order valence-corrected chi connectivity index (χ1v) is 6.91. The van der Waals surface area contributed by atoms with E-state index in [2.05, 4.69) is 20.2 Å². The SMILES string of the molecule is Fc1cccc(Nc2cc(N3CCCCC3)ncn2)c1. The van der Waals surface area contributed by atoms with Gasteiger partial charge in [-0.15, -0.1) is 0 Å². The Morgan fingerprint density at radius 3 is 2.70 bits per heavy atom. The Morgan fingerprint density at radius 1 is 1.05 bits per heavy atom. The lowest BCUT2D eigenvalue weighted by molar-refractivity contribution is 0.573. The molecule has 1 aromatic carbocycles. The van der Waals surface area contributed by atoms with Gasteiger partial charge < -0.3 is 10.2 Å². The Kier molecular flexibility index (Phi) is 3.76. The number of rotatable bonds is 3. The van der Waals surface area contributed by atoms with Crippen molar-refractivity contribution < 1.29 is 4.39 Å². The van der Waals surface area contributed by atoms with Crippen LogP contribution in [0.25, 0.3) is 0 Å². The molecule has 104 valence electrons. The van der Waals surface area contributed by atoms with Gasteiger partial charge in [0.05, 0.1) is 0 Å². The molecule has 1 saturated heterocycles. The first-order valence-electron chi connectivity index (χ1n) is 6.91. The summed E-state index contributed by atoms with van der Waals surface area (Å²) in [4.78, 5) is 10.8. The van der Waals surface area contributed by atoms with E-state index in [1.165, 1.54) is 31.4 Å². The van der Waals surface area contributed by atoms with Crippen LogP contribution in [0.5, 0.6) is 0 Å². The van der Waals surface area contributed by atoms with Gasteiger partial charge in [0.2, 0.25) is 0 Å². The second-order valence-electron chi connectivity index (χ2n) is 4.94. The lowest BCUT2D eigenvalue weighted by atomic mass is 10.1. The van der Waals surface area contributed by atoms with E-state index in [1.54, 1.807) is 12.4 Å². The van der Waals surface area contributed by atoms with Gasteiger partial charge in [0.25, 0.3) is 0 Å². The molecule has 1 aliphatic rings. The summed E-state index contributed by atoms with van der Waals surface area (Å²) in [5.41, 5.74) is 0.688. The van der Waals surface area contributed by atoms with Crippen molar-refractivity contribution in [3.63, 3.8) is 0 Å². The van der Waals surface area contributed by atoms with E-state index < -0.39 is 0 Å². The maximum Gasteiger partial charge on any atom is 0.135 e. The van der Waals surface area contributed by atoms with Gasteiger partial charge in [-0.1, -0.05) is 6.07 Å². The smallest absolute Gasteiger partial charge is 0.135 e. The number of anilines is 3. The summed E-state index contributed by atoms with van der Waals surface area (Å²) in [6, 6.07) is 8.26. The van der Waals surface area contributed by atoms with Crippen molar-refractivity contribution in [3.05, 3.63) is 42.5 Å². The van der Waals surface area contributed by atoms with Crippen molar-refractivity contribution in [1.82, 2.24) is 9.97 Å². The van der Waals surface area contributed by atoms with E-state index in [0.717, 1.165) is 18.9 Å². The third-order valence-corrected chi connectivity index (χ3v) is 3.43. The summed E-state index contributed by atoms with van der Waals surface area (Å²) in [6.07, 6.45) is 5.24. The van der Waals surface area contributed by atoms with Crippen LogP contribution in [0.1, 0.15) is 19.3 Å². The summed E-state index contributed by atoms with van der Waals surface area (Å²) >= 11 is 0.